The molecular weight excluding hydrogens is 739 g/mol. The van der Waals surface area contributed by atoms with Crippen molar-refractivity contribution in [1.29, 1.82) is 0 Å². The number of nitrogens with two attached hydrogens (primary N) is 1. The van der Waals surface area contributed by atoms with Crippen molar-refractivity contribution in [3.8, 4) is 11.3 Å². The normalized spacial score (nSPS) is 14.9. The van der Waals surface area contributed by atoms with Crippen molar-refractivity contribution in [2.75, 3.05) is 25.8 Å². The zero-order valence-electron chi connectivity index (χ0n) is 31.1. The topological polar surface area (TPSA) is 151 Å². The minimum Gasteiger partial charge on any atom is -0.382 e. The quantitative estimate of drug-likeness (QED) is 0.0421. The summed E-state index contributed by atoms with van der Waals surface area (Å²) in [6.45, 7) is 10.9. The molecule has 1 fully saturated rings. The van der Waals surface area contributed by atoms with Crippen molar-refractivity contribution in [1.82, 2.24) is 15.4 Å². The van der Waals surface area contributed by atoms with Crippen molar-refractivity contribution >= 4 is 49.0 Å². The van der Waals surface area contributed by atoms with Crippen LogP contribution in [-0.2, 0) is 14.3 Å². The third-order valence-electron chi connectivity index (χ3n) is 7.39. The van der Waals surface area contributed by atoms with E-state index in [9.17, 15) is 31.5 Å². The minimum atomic E-state index is -4.28. The van der Waals surface area contributed by atoms with Crippen LogP contribution in [0.25, 0.3) is 11.3 Å². The summed E-state index contributed by atoms with van der Waals surface area (Å²) in [6, 6.07) is 12.0. The summed E-state index contributed by atoms with van der Waals surface area (Å²) in [5, 5.41) is 9.73. The first-order valence-electron chi connectivity index (χ1n) is 16.4. The van der Waals surface area contributed by atoms with Crippen LogP contribution in [0, 0.1) is 12.3 Å². The van der Waals surface area contributed by atoms with Crippen molar-refractivity contribution in [2.24, 2.45) is 26.2 Å². The number of aldehydes is 1. The number of aromatic nitrogens is 1. The number of anilines is 1. The zero-order valence-corrected chi connectivity index (χ0v) is 31.8. The molecule has 1 saturated carbocycles. The number of nitrogens with one attached hydrogen (secondary N) is 1. The van der Waals surface area contributed by atoms with E-state index >= 15 is 0 Å². The lowest BCUT2D eigenvalue weighted by Gasteiger charge is -2.30. The first-order chi connectivity index (χ1) is 25.2. The summed E-state index contributed by atoms with van der Waals surface area (Å²) in [4.78, 5) is 31.0. The summed E-state index contributed by atoms with van der Waals surface area (Å²) in [6.07, 6.45) is -2.61. The number of methoxy groups -OCH3 is 1. The van der Waals surface area contributed by atoms with Crippen LogP contribution in [0.15, 0.2) is 68.1 Å². The second-order valence-corrected chi connectivity index (χ2v) is 14.1. The van der Waals surface area contributed by atoms with Gasteiger partial charge in [-0.15, -0.1) is 0 Å². The van der Waals surface area contributed by atoms with Gasteiger partial charge in [-0.05, 0) is 55.2 Å². The van der Waals surface area contributed by atoms with Gasteiger partial charge in [0.25, 0.3) is 0 Å². The molecule has 0 bridgehead atoms. The average molecular weight is 785 g/mol. The molecule has 3 N–H and O–H groups in total. The van der Waals surface area contributed by atoms with E-state index in [1.165, 1.54) is 19.2 Å². The van der Waals surface area contributed by atoms with Crippen LogP contribution >= 0.6 is 11.6 Å². The monoisotopic (exact) mass is 784 g/mol. The van der Waals surface area contributed by atoms with E-state index in [1.54, 1.807) is 53.7 Å². The molecule has 1 aliphatic rings. The highest BCUT2D eigenvalue weighted by atomic mass is 35.5. The van der Waals surface area contributed by atoms with Crippen LogP contribution in [0.1, 0.15) is 69.4 Å². The number of amides is 1. The lowest BCUT2D eigenvalue weighted by Crippen LogP contribution is -2.44. The third kappa shape index (κ3) is 13.5. The summed E-state index contributed by atoms with van der Waals surface area (Å²) >= 11 is 6.21. The third-order valence-corrected chi connectivity index (χ3v) is 7.71. The molecule has 0 spiro atoms. The number of aryl methyl sites for hydroxylation is 1. The Hall–Kier alpha value is -4.90. The average Bonchev–Trinajstić information content (AvgIpc) is 3.78. The number of guanidine groups is 1. The van der Waals surface area contributed by atoms with Gasteiger partial charge >= 0.3 is 12.7 Å². The molecule has 1 amide bonds. The first-order valence-corrected chi connectivity index (χ1v) is 16.8. The smallest absolute Gasteiger partial charge is 0.382 e. The SMILES string of the molecule is C=N/C=N\N(c1cc(C(COC)N(C)C(N)=NC(C=O)c2ccc(-c3cc(C)no3)cc2)ccc1Cl)C(F)F.CC(C)(C)C.O=CNC1(C(F)(F)F)CC1. The highest BCUT2D eigenvalue weighted by molar-refractivity contribution is 6.33. The van der Waals surface area contributed by atoms with Crippen molar-refractivity contribution in [3.05, 3.63) is 70.4 Å². The Morgan fingerprint density at radius 1 is 1.11 bits per heavy atom. The van der Waals surface area contributed by atoms with Gasteiger partial charge in [-0.3, -0.25) is 9.79 Å². The Kier molecular flexibility index (Phi) is 16.7. The fourth-order valence-electron chi connectivity index (χ4n) is 4.48. The van der Waals surface area contributed by atoms with Crippen LogP contribution in [0.3, 0.4) is 0 Å². The summed E-state index contributed by atoms with van der Waals surface area (Å²) in [7, 11) is 3.14. The predicted octanol–water partition coefficient (Wildman–Crippen LogP) is 7.73. The van der Waals surface area contributed by atoms with Crippen molar-refractivity contribution in [2.45, 2.75) is 77.8 Å². The molecule has 54 heavy (non-hydrogen) atoms. The number of alkyl halides is 5. The maximum Gasteiger partial charge on any atom is 0.411 e. The van der Waals surface area contributed by atoms with E-state index < -0.39 is 30.3 Å². The molecule has 0 saturated heterocycles. The van der Waals surface area contributed by atoms with Gasteiger partial charge in [0.05, 0.1) is 29.1 Å². The Bertz CT molecular complexity index is 1720. The van der Waals surface area contributed by atoms with Gasteiger partial charge in [-0.25, -0.2) is 10.0 Å². The van der Waals surface area contributed by atoms with Crippen LogP contribution in [-0.4, -0.2) is 80.8 Å². The number of likely N-dealkylation sites (N-methyl/N-ethyl adjacent to an activating group) is 1. The number of carbonyl (C=O) groups is 2. The van der Waals surface area contributed by atoms with Crippen LogP contribution in [0.4, 0.5) is 27.6 Å². The number of aliphatic imine (C=N–C) groups is 2. The van der Waals surface area contributed by atoms with Crippen LogP contribution < -0.4 is 16.1 Å². The molecule has 0 aliphatic heterocycles. The van der Waals surface area contributed by atoms with E-state index in [0.717, 1.165) is 17.6 Å². The minimum absolute atomic E-state index is 0.00917. The van der Waals surface area contributed by atoms with Gasteiger partial charge in [0.15, 0.2) is 11.7 Å². The fraction of sp³-hybridized carbons (Fsp3) is 0.444. The van der Waals surface area contributed by atoms with E-state index in [2.05, 4.69) is 54.7 Å². The number of hydrazone groups is 1. The second-order valence-electron chi connectivity index (χ2n) is 13.7. The number of hydrogen-bond acceptors (Lipinski definition) is 8. The first kappa shape index (κ1) is 45.3. The van der Waals surface area contributed by atoms with E-state index in [-0.39, 0.29) is 42.5 Å². The molecular formula is C36H46ClF5N8O4. The van der Waals surface area contributed by atoms with Crippen LogP contribution in [0.5, 0.6) is 0 Å². The van der Waals surface area contributed by atoms with Gasteiger partial charge in [0.1, 0.15) is 24.2 Å². The van der Waals surface area contributed by atoms with Gasteiger partial charge in [-0.2, -0.15) is 27.1 Å². The molecule has 296 valence electrons. The molecule has 1 aliphatic carbocycles. The van der Waals surface area contributed by atoms with Gasteiger partial charge in [0.2, 0.25) is 6.41 Å². The second kappa shape index (κ2) is 20.0. The van der Waals surface area contributed by atoms with E-state index in [4.69, 9.17) is 26.6 Å². The summed E-state index contributed by atoms with van der Waals surface area (Å²) in [5.74, 6) is 0.631. The number of carbonyl (C=O) groups excluding carboxylic acids is 2. The number of nitrogens with zero attached hydrogens (tertiary/aromatic N) is 6. The van der Waals surface area contributed by atoms with Gasteiger partial charge < -0.3 is 30.0 Å². The van der Waals surface area contributed by atoms with Crippen molar-refractivity contribution in [3.63, 3.8) is 0 Å². The Morgan fingerprint density at radius 2 is 1.70 bits per heavy atom. The van der Waals surface area contributed by atoms with E-state index in [0.29, 0.717) is 33.6 Å². The van der Waals surface area contributed by atoms with E-state index in [1.807, 2.05) is 6.92 Å². The Morgan fingerprint density at radius 3 is 2.13 bits per heavy atom. The maximum absolute atomic E-state index is 13.7. The number of hydrogen-bond donors (Lipinski definition) is 2. The molecule has 1 aromatic heterocycles. The van der Waals surface area contributed by atoms with Gasteiger partial charge in [0, 0.05) is 25.8 Å². The highest BCUT2D eigenvalue weighted by Crippen LogP contribution is 2.48. The molecule has 18 heteroatoms. The summed E-state index contributed by atoms with van der Waals surface area (Å²) < 4.78 is 73.6. The Labute approximate surface area is 316 Å². The predicted molar refractivity (Wildman–Crippen MR) is 200 cm³/mol. The van der Waals surface area contributed by atoms with Crippen molar-refractivity contribution < 1.29 is 40.8 Å². The number of ether oxygens (including phenoxy) is 1. The molecule has 0 radical (unpaired) electrons. The zero-order chi connectivity index (χ0) is 40.9. The Balaban J connectivity index is 0.000000558. The molecule has 4 rings (SSSR count). The summed E-state index contributed by atoms with van der Waals surface area (Å²) in [5.41, 5.74) is 7.57. The van der Waals surface area contributed by atoms with Gasteiger partial charge in [-0.1, -0.05) is 74.8 Å². The molecule has 2 unspecified atom stereocenters. The molecule has 3 aromatic rings. The number of halogens is 6. The lowest BCUT2D eigenvalue weighted by atomic mass is 10.0. The molecule has 2 aromatic carbocycles. The lowest BCUT2D eigenvalue weighted by molar-refractivity contribution is -0.167. The fourth-order valence-corrected chi connectivity index (χ4v) is 4.68. The van der Waals surface area contributed by atoms with Crippen LogP contribution in [0.2, 0.25) is 5.02 Å². The number of rotatable bonds is 14. The molecule has 2 atom stereocenters. The molecule has 12 nitrogen and oxygen atoms in total. The number of benzene rings is 2. The maximum atomic E-state index is 13.7. The molecule has 1 heterocycles. The standard InChI is InChI=1S/C26H28ClF2N7O3.C5H6F3NO.C5H12/c1-16-11-24(39-34-16)18-7-5-17(6-8-18)21(13-37)33-26(30)35(3)23(14-38-4)19-9-10-20(27)22(12-19)36(25(28)29)32-15-31-2;6-5(7,8)4(1-2-4)9-3-10;1-5(2,3)4/h5-13,15,21,23,25H,2,14H2,1,3-4H3,(H2,30,33);3H,1-2H2,(H,9,10);1-4H3/b32-15-;;. The largest absolute Gasteiger partial charge is 0.411 e. The highest BCUT2D eigenvalue weighted by Gasteiger charge is 2.63.